The van der Waals surface area contributed by atoms with Gasteiger partial charge in [-0.1, -0.05) is 6.07 Å². The number of phenolic OH excluding ortho intramolecular Hbond substituents is 2. The highest BCUT2D eigenvalue weighted by Crippen LogP contribution is 2.42. The van der Waals surface area contributed by atoms with Crippen LogP contribution in [-0.2, 0) is 6.42 Å². The first-order valence-corrected chi connectivity index (χ1v) is 6.42. The van der Waals surface area contributed by atoms with Gasteiger partial charge in [-0.15, -0.1) is 0 Å². The van der Waals surface area contributed by atoms with Crippen LogP contribution in [0.25, 0.3) is 0 Å². The summed E-state index contributed by atoms with van der Waals surface area (Å²) in [7, 11) is 1.97. The van der Waals surface area contributed by atoms with Crippen LogP contribution in [-0.4, -0.2) is 23.8 Å². The maximum atomic E-state index is 9.87. The Kier molecular flexibility index (Phi) is 3.89. The summed E-state index contributed by atoms with van der Waals surface area (Å²) >= 11 is 0. The normalized spacial score (nSPS) is 19.0. The number of nitrogens with one attached hydrogen (secondary N) is 1. The van der Waals surface area contributed by atoms with E-state index in [0.717, 1.165) is 37.8 Å². The molecule has 1 aromatic carbocycles. The van der Waals surface area contributed by atoms with E-state index in [0.29, 0.717) is 5.92 Å². The molecule has 0 aliphatic heterocycles. The van der Waals surface area contributed by atoms with E-state index >= 15 is 0 Å². The van der Waals surface area contributed by atoms with Gasteiger partial charge < -0.3 is 15.5 Å². The van der Waals surface area contributed by atoms with Crippen molar-refractivity contribution in [1.82, 2.24) is 5.32 Å². The zero-order valence-electron chi connectivity index (χ0n) is 10.4. The lowest BCUT2D eigenvalue weighted by molar-refractivity contribution is 0.391. The Morgan fingerprint density at radius 3 is 2.94 bits per heavy atom. The van der Waals surface area contributed by atoms with Crippen LogP contribution in [0.2, 0.25) is 0 Å². The molecule has 1 aliphatic carbocycles. The molecule has 17 heavy (non-hydrogen) atoms. The molecular formula is C14H21NO2. The van der Waals surface area contributed by atoms with Crippen molar-refractivity contribution in [3.8, 4) is 11.5 Å². The molecule has 1 aliphatic rings. The predicted molar refractivity (Wildman–Crippen MR) is 68.6 cm³/mol. The van der Waals surface area contributed by atoms with Crippen LogP contribution in [0.1, 0.15) is 42.7 Å². The molecule has 0 radical (unpaired) electrons. The molecule has 3 heteroatoms. The molecule has 1 unspecified atom stereocenters. The van der Waals surface area contributed by atoms with Crippen molar-refractivity contribution >= 4 is 0 Å². The monoisotopic (exact) mass is 235 g/mol. The molecule has 0 heterocycles. The van der Waals surface area contributed by atoms with E-state index < -0.39 is 0 Å². The van der Waals surface area contributed by atoms with Crippen molar-refractivity contribution in [2.75, 3.05) is 13.6 Å². The molecule has 0 bridgehead atoms. The molecule has 0 saturated heterocycles. The van der Waals surface area contributed by atoms with Gasteiger partial charge >= 0.3 is 0 Å². The van der Waals surface area contributed by atoms with Gasteiger partial charge in [0.25, 0.3) is 0 Å². The molecule has 0 saturated carbocycles. The minimum Gasteiger partial charge on any atom is -0.504 e. The van der Waals surface area contributed by atoms with Gasteiger partial charge in [-0.2, -0.15) is 0 Å². The highest BCUT2D eigenvalue weighted by Gasteiger charge is 2.23. The molecular weight excluding hydrogens is 214 g/mol. The van der Waals surface area contributed by atoms with Gasteiger partial charge in [0.2, 0.25) is 0 Å². The lowest BCUT2D eigenvalue weighted by Crippen LogP contribution is -2.13. The van der Waals surface area contributed by atoms with Gasteiger partial charge in [0, 0.05) is 5.56 Å². The number of hydrogen-bond acceptors (Lipinski definition) is 3. The van der Waals surface area contributed by atoms with Crippen LogP contribution in [0, 0.1) is 0 Å². The van der Waals surface area contributed by atoms with Crippen molar-refractivity contribution < 1.29 is 10.2 Å². The fourth-order valence-electron chi connectivity index (χ4n) is 2.79. The van der Waals surface area contributed by atoms with Gasteiger partial charge in [-0.3, -0.25) is 0 Å². The van der Waals surface area contributed by atoms with Crippen LogP contribution < -0.4 is 5.32 Å². The summed E-state index contributed by atoms with van der Waals surface area (Å²) in [6.45, 7) is 1.04. The second kappa shape index (κ2) is 5.41. The van der Waals surface area contributed by atoms with Crippen molar-refractivity contribution in [2.45, 2.75) is 38.0 Å². The third-order valence-corrected chi connectivity index (χ3v) is 3.70. The van der Waals surface area contributed by atoms with Crippen molar-refractivity contribution in [2.24, 2.45) is 0 Å². The first kappa shape index (κ1) is 12.2. The van der Waals surface area contributed by atoms with Crippen LogP contribution in [0.15, 0.2) is 12.1 Å². The highest BCUT2D eigenvalue weighted by molar-refractivity contribution is 5.51. The molecule has 1 aromatic rings. The molecule has 0 fully saturated rings. The molecule has 0 aromatic heterocycles. The Morgan fingerprint density at radius 2 is 2.18 bits per heavy atom. The molecule has 3 N–H and O–H groups in total. The maximum Gasteiger partial charge on any atom is 0.160 e. The Morgan fingerprint density at radius 1 is 1.35 bits per heavy atom. The van der Waals surface area contributed by atoms with E-state index in [4.69, 9.17) is 0 Å². The fraction of sp³-hybridized carbons (Fsp3) is 0.571. The Hall–Kier alpha value is -1.22. The Labute approximate surface area is 102 Å². The Bertz CT molecular complexity index is 390. The summed E-state index contributed by atoms with van der Waals surface area (Å²) in [5, 5.41) is 22.5. The summed E-state index contributed by atoms with van der Waals surface area (Å²) in [6, 6.07) is 3.60. The van der Waals surface area contributed by atoms with Crippen LogP contribution in [0.3, 0.4) is 0 Å². The molecule has 0 amide bonds. The average molecular weight is 235 g/mol. The predicted octanol–water partition coefficient (Wildman–Crippen LogP) is 2.52. The van der Waals surface area contributed by atoms with E-state index in [1.807, 2.05) is 13.1 Å². The third-order valence-electron chi connectivity index (χ3n) is 3.70. The third kappa shape index (κ3) is 2.55. The minimum atomic E-state index is 0.0135. The number of fused-ring (bicyclic) bond motifs is 1. The van der Waals surface area contributed by atoms with Crippen LogP contribution in [0.5, 0.6) is 11.5 Å². The maximum absolute atomic E-state index is 9.87. The molecule has 94 valence electrons. The first-order valence-electron chi connectivity index (χ1n) is 6.42. The van der Waals surface area contributed by atoms with Gasteiger partial charge in [-0.05, 0) is 63.2 Å². The summed E-state index contributed by atoms with van der Waals surface area (Å²) in [4.78, 5) is 0. The lowest BCUT2D eigenvalue weighted by Gasteiger charge is -2.26. The molecule has 1 atom stereocenters. The van der Waals surface area contributed by atoms with Gasteiger partial charge in [-0.25, -0.2) is 0 Å². The second-order valence-corrected chi connectivity index (χ2v) is 4.84. The van der Waals surface area contributed by atoms with Crippen molar-refractivity contribution in [1.29, 1.82) is 0 Å². The second-order valence-electron chi connectivity index (χ2n) is 4.84. The standard InChI is InChI=1S/C14H21NO2/c1-15-9-3-5-10-4-2-6-12-11(10)7-8-13(16)14(12)17/h7-8,10,15-17H,2-6,9H2,1H3. The van der Waals surface area contributed by atoms with Gasteiger partial charge in [0.15, 0.2) is 11.5 Å². The van der Waals surface area contributed by atoms with Gasteiger partial charge in [0.05, 0.1) is 0 Å². The number of phenols is 2. The number of aromatic hydroxyl groups is 2. The fourth-order valence-corrected chi connectivity index (χ4v) is 2.79. The Balaban J connectivity index is 2.17. The van der Waals surface area contributed by atoms with E-state index in [2.05, 4.69) is 5.32 Å². The summed E-state index contributed by atoms with van der Waals surface area (Å²) in [5.74, 6) is 0.652. The minimum absolute atomic E-state index is 0.0135. The molecule has 2 rings (SSSR count). The van der Waals surface area contributed by atoms with Gasteiger partial charge in [0.1, 0.15) is 0 Å². The van der Waals surface area contributed by atoms with Crippen molar-refractivity contribution in [3.05, 3.63) is 23.3 Å². The van der Waals surface area contributed by atoms with E-state index in [9.17, 15) is 10.2 Å². The van der Waals surface area contributed by atoms with Crippen molar-refractivity contribution in [3.63, 3.8) is 0 Å². The number of benzene rings is 1. The largest absolute Gasteiger partial charge is 0.504 e. The van der Waals surface area contributed by atoms with Crippen LogP contribution >= 0.6 is 0 Å². The van der Waals surface area contributed by atoms with Crippen LogP contribution in [0.4, 0.5) is 0 Å². The summed E-state index contributed by atoms with van der Waals surface area (Å²) in [6.07, 6.45) is 5.49. The molecule has 3 nitrogen and oxygen atoms in total. The lowest BCUT2D eigenvalue weighted by atomic mass is 9.80. The topological polar surface area (TPSA) is 52.5 Å². The smallest absolute Gasteiger partial charge is 0.160 e. The van der Waals surface area contributed by atoms with E-state index in [-0.39, 0.29) is 11.5 Å². The zero-order valence-corrected chi connectivity index (χ0v) is 10.4. The summed E-state index contributed by atoms with van der Waals surface area (Å²) < 4.78 is 0. The average Bonchev–Trinajstić information content (AvgIpc) is 2.35. The summed E-state index contributed by atoms with van der Waals surface area (Å²) in [5.41, 5.74) is 2.20. The number of rotatable bonds is 4. The quantitative estimate of drug-likeness (QED) is 0.555. The SMILES string of the molecule is CNCCCC1CCCc2c1ccc(O)c2O. The van der Waals surface area contributed by atoms with E-state index in [1.54, 1.807) is 6.07 Å². The zero-order chi connectivity index (χ0) is 12.3. The molecule has 0 spiro atoms. The highest BCUT2D eigenvalue weighted by atomic mass is 16.3. The number of hydrogen-bond donors (Lipinski definition) is 3. The first-order chi connectivity index (χ1) is 8.24. The van der Waals surface area contributed by atoms with E-state index in [1.165, 1.54) is 12.0 Å².